The van der Waals surface area contributed by atoms with Crippen molar-refractivity contribution in [3.63, 3.8) is 0 Å². The molecule has 0 bridgehead atoms. The Morgan fingerprint density at radius 3 is 2.62 bits per heavy atom. The molecule has 0 radical (unpaired) electrons. The first-order valence-corrected chi connectivity index (χ1v) is 4.98. The van der Waals surface area contributed by atoms with E-state index in [1.165, 1.54) is 0 Å². The van der Waals surface area contributed by atoms with Crippen LogP contribution in [0.25, 0.3) is 0 Å². The van der Waals surface area contributed by atoms with E-state index in [9.17, 15) is 4.79 Å². The number of ether oxygens (including phenoxy) is 1. The van der Waals surface area contributed by atoms with Crippen LogP contribution in [-0.2, 0) is 9.53 Å². The summed E-state index contributed by atoms with van der Waals surface area (Å²) in [4.78, 5) is 13.2. The van der Waals surface area contributed by atoms with Gasteiger partial charge in [-0.1, -0.05) is 6.92 Å². The van der Waals surface area contributed by atoms with Crippen molar-refractivity contribution in [2.45, 2.75) is 26.7 Å². The molecule has 0 unspecified atom stereocenters. The van der Waals surface area contributed by atoms with Gasteiger partial charge in [0, 0.05) is 19.6 Å². The van der Waals surface area contributed by atoms with E-state index in [-0.39, 0.29) is 0 Å². The van der Waals surface area contributed by atoms with Crippen LogP contribution in [0.5, 0.6) is 0 Å². The number of hydrogen-bond donors (Lipinski definition) is 0. The molecule has 78 valence electrons. The largest absolute Gasteiger partial charge is 0.380 e. The fourth-order valence-corrected chi connectivity index (χ4v) is 1.10. The van der Waals surface area contributed by atoms with Crippen molar-refractivity contribution < 1.29 is 9.53 Å². The van der Waals surface area contributed by atoms with E-state index in [0.29, 0.717) is 25.4 Å². The van der Waals surface area contributed by atoms with Gasteiger partial charge in [-0.05, 0) is 20.4 Å². The predicted molar refractivity (Wildman–Crippen MR) is 53.9 cm³/mol. The second kappa shape index (κ2) is 8.20. The lowest BCUT2D eigenvalue weighted by molar-refractivity contribution is -0.120. The van der Waals surface area contributed by atoms with Crippen LogP contribution < -0.4 is 0 Å². The van der Waals surface area contributed by atoms with Crippen molar-refractivity contribution in [1.29, 1.82) is 0 Å². The zero-order valence-corrected chi connectivity index (χ0v) is 9.01. The Kier molecular flexibility index (Phi) is 7.94. The standard InChI is InChI=1S/C10H21NO2/c1-4-6-10(12)9-11(3)7-8-13-5-2/h4-9H2,1-3H3. The third-order valence-corrected chi connectivity index (χ3v) is 1.80. The number of ketones is 1. The summed E-state index contributed by atoms with van der Waals surface area (Å²) in [5.41, 5.74) is 0. The zero-order chi connectivity index (χ0) is 10.1. The van der Waals surface area contributed by atoms with E-state index in [4.69, 9.17) is 4.74 Å². The molecule has 0 fully saturated rings. The molecule has 0 aromatic carbocycles. The monoisotopic (exact) mass is 187 g/mol. The van der Waals surface area contributed by atoms with Crippen LogP contribution in [0.15, 0.2) is 0 Å². The second-order valence-electron chi connectivity index (χ2n) is 3.22. The van der Waals surface area contributed by atoms with E-state index >= 15 is 0 Å². The van der Waals surface area contributed by atoms with Gasteiger partial charge in [0.15, 0.2) is 0 Å². The van der Waals surface area contributed by atoms with E-state index in [1.54, 1.807) is 0 Å². The Bertz CT molecular complexity index is 137. The van der Waals surface area contributed by atoms with E-state index in [0.717, 1.165) is 19.6 Å². The van der Waals surface area contributed by atoms with Gasteiger partial charge in [0.05, 0.1) is 13.2 Å². The maximum atomic E-state index is 11.2. The third-order valence-electron chi connectivity index (χ3n) is 1.80. The molecule has 0 amide bonds. The average molecular weight is 187 g/mol. The van der Waals surface area contributed by atoms with Gasteiger partial charge in [-0.15, -0.1) is 0 Å². The summed E-state index contributed by atoms with van der Waals surface area (Å²) in [6, 6.07) is 0. The van der Waals surface area contributed by atoms with Crippen LogP contribution in [0.4, 0.5) is 0 Å². The summed E-state index contributed by atoms with van der Waals surface area (Å²) in [6.45, 7) is 6.85. The van der Waals surface area contributed by atoms with Crippen LogP contribution in [0.1, 0.15) is 26.7 Å². The summed E-state index contributed by atoms with van der Waals surface area (Å²) in [5.74, 6) is 0.321. The molecule has 0 aliphatic rings. The van der Waals surface area contributed by atoms with Crippen molar-refractivity contribution in [2.75, 3.05) is 33.4 Å². The highest BCUT2D eigenvalue weighted by atomic mass is 16.5. The average Bonchev–Trinajstić information content (AvgIpc) is 2.05. The first-order valence-electron chi connectivity index (χ1n) is 4.98. The highest BCUT2D eigenvalue weighted by Gasteiger charge is 2.04. The molecule has 0 spiro atoms. The summed E-state index contributed by atoms with van der Waals surface area (Å²) < 4.78 is 5.19. The van der Waals surface area contributed by atoms with Crippen molar-refractivity contribution in [2.24, 2.45) is 0 Å². The molecular weight excluding hydrogens is 166 g/mol. The minimum absolute atomic E-state index is 0.321. The SMILES string of the molecule is CCCC(=O)CN(C)CCOCC. The maximum Gasteiger partial charge on any atom is 0.146 e. The molecule has 0 rings (SSSR count). The number of rotatable bonds is 8. The van der Waals surface area contributed by atoms with Gasteiger partial charge in [-0.3, -0.25) is 9.69 Å². The summed E-state index contributed by atoms with van der Waals surface area (Å²) >= 11 is 0. The molecule has 0 aliphatic carbocycles. The molecule has 0 N–H and O–H groups in total. The fourth-order valence-electron chi connectivity index (χ4n) is 1.10. The summed E-state index contributed by atoms with van der Waals surface area (Å²) in [7, 11) is 1.95. The number of carbonyl (C=O) groups is 1. The quantitative estimate of drug-likeness (QED) is 0.537. The molecule has 0 heterocycles. The van der Waals surface area contributed by atoms with E-state index < -0.39 is 0 Å². The van der Waals surface area contributed by atoms with Crippen LogP contribution in [0.3, 0.4) is 0 Å². The summed E-state index contributed by atoms with van der Waals surface area (Å²) in [5, 5.41) is 0. The first kappa shape index (κ1) is 12.6. The third kappa shape index (κ3) is 7.94. The molecule has 13 heavy (non-hydrogen) atoms. The normalized spacial score (nSPS) is 10.8. The van der Waals surface area contributed by atoms with E-state index in [1.807, 2.05) is 25.8 Å². The summed E-state index contributed by atoms with van der Waals surface area (Å²) in [6.07, 6.45) is 1.64. The van der Waals surface area contributed by atoms with Crippen LogP contribution in [-0.4, -0.2) is 44.0 Å². The van der Waals surface area contributed by atoms with Crippen LogP contribution >= 0.6 is 0 Å². The lowest BCUT2D eigenvalue weighted by atomic mass is 10.2. The van der Waals surface area contributed by atoms with Gasteiger partial charge >= 0.3 is 0 Å². The molecule has 0 aromatic rings. The first-order chi connectivity index (χ1) is 6.20. The van der Waals surface area contributed by atoms with Gasteiger partial charge in [-0.25, -0.2) is 0 Å². The molecule has 0 saturated carbocycles. The smallest absolute Gasteiger partial charge is 0.146 e. The Labute approximate surface area is 81.1 Å². The van der Waals surface area contributed by atoms with Crippen molar-refractivity contribution in [3.05, 3.63) is 0 Å². The number of hydrogen-bond acceptors (Lipinski definition) is 3. The second-order valence-corrected chi connectivity index (χ2v) is 3.22. The minimum Gasteiger partial charge on any atom is -0.380 e. The van der Waals surface area contributed by atoms with Crippen LogP contribution in [0.2, 0.25) is 0 Å². The van der Waals surface area contributed by atoms with Gasteiger partial charge in [0.1, 0.15) is 5.78 Å². The maximum absolute atomic E-state index is 11.2. The lowest BCUT2D eigenvalue weighted by Gasteiger charge is -2.14. The Morgan fingerprint density at radius 1 is 1.38 bits per heavy atom. The highest BCUT2D eigenvalue weighted by molar-refractivity contribution is 5.80. The van der Waals surface area contributed by atoms with E-state index in [2.05, 4.69) is 0 Å². The zero-order valence-electron chi connectivity index (χ0n) is 9.01. The topological polar surface area (TPSA) is 29.5 Å². The molecule has 0 atom stereocenters. The van der Waals surface area contributed by atoms with Crippen molar-refractivity contribution in [3.8, 4) is 0 Å². The van der Waals surface area contributed by atoms with Gasteiger partial charge in [-0.2, -0.15) is 0 Å². The molecule has 3 heteroatoms. The Hall–Kier alpha value is -0.410. The van der Waals surface area contributed by atoms with Gasteiger partial charge in [0.2, 0.25) is 0 Å². The molecule has 0 saturated heterocycles. The molecule has 3 nitrogen and oxygen atoms in total. The van der Waals surface area contributed by atoms with Gasteiger partial charge in [0.25, 0.3) is 0 Å². The molecular formula is C10H21NO2. The Morgan fingerprint density at radius 2 is 2.08 bits per heavy atom. The number of Topliss-reactive ketones (excluding diaryl/α,β-unsaturated/α-hetero) is 1. The highest BCUT2D eigenvalue weighted by Crippen LogP contribution is 1.92. The Balaban J connectivity index is 3.38. The van der Waals surface area contributed by atoms with Crippen LogP contribution in [0, 0.1) is 0 Å². The fraction of sp³-hybridized carbons (Fsp3) is 0.900. The lowest BCUT2D eigenvalue weighted by Crippen LogP contribution is -2.29. The molecule has 0 aromatic heterocycles. The number of nitrogens with zero attached hydrogens (tertiary/aromatic N) is 1. The van der Waals surface area contributed by atoms with Gasteiger partial charge < -0.3 is 4.74 Å². The minimum atomic E-state index is 0.321. The number of carbonyl (C=O) groups excluding carboxylic acids is 1. The van der Waals surface area contributed by atoms with Crippen molar-refractivity contribution >= 4 is 5.78 Å². The predicted octanol–water partition coefficient (Wildman–Crippen LogP) is 1.32. The number of likely N-dealkylation sites (N-methyl/N-ethyl adjacent to an activating group) is 1. The molecule has 0 aliphatic heterocycles. The van der Waals surface area contributed by atoms with Crippen molar-refractivity contribution in [1.82, 2.24) is 4.90 Å².